The van der Waals surface area contributed by atoms with Gasteiger partial charge in [-0.3, -0.25) is 9.13 Å². The Labute approximate surface area is 558 Å². The van der Waals surface area contributed by atoms with Crippen LogP contribution in [-0.2, 0) is 54.8 Å². The number of nitrogens with zero attached hydrogens (tertiary/aromatic N) is 8. The molecule has 0 radical (unpaired) electrons. The molecule has 498 valence electrons. The lowest BCUT2D eigenvalue weighted by molar-refractivity contribution is -0.694. The van der Waals surface area contributed by atoms with Crippen LogP contribution in [0.2, 0.25) is 0 Å². The van der Waals surface area contributed by atoms with E-state index in [9.17, 15) is 41.9 Å². The summed E-state index contributed by atoms with van der Waals surface area (Å²) in [5.74, 6) is -0.293. The second-order valence-electron chi connectivity index (χ2n) is 21.6. The van der Waals surface area contributed by atoms with Gasteiger partial charge in [0.25, 0.3) is 0 Å². The molecule has 4 N–H and O–H groups in total. The van der Waals surface area contributed by atoms with Crippen LogP contribution >= 0.6 is 15.2 Å². The molecular formula is C75H92F3N8O7P2+7. The molecule has 11 rings (SSSR count). The van der Waals surface area contributed by atoms with Crippen LogP contribution in [-0.4, -0.2) is 43.2 Å². The van der Waals surface area contributed by atoms with Crippen LogP contribution in [0, 0.1) is 0 Å². The molecule has 0 atom stereocenters. The molecule has 8 aromatic heterocycles. The summed E-state index contributed by atoms with van der Waals surface area (Å²) in [4.78, 5) is 43.0. The molecule has 15 nitrogen and oxygen atoms in total. The van der Waals surface area contributed by atoms with E-state index in [1.807, 2.05) is 115 Å². The number of halogens is 3. The topological polar surface area (TPSA) is 164 Å². The summed E-state index contributed by atoms with van der Waals surface area (Å²) in [7, 11) is -8.38. The first-order valence-corrected chi connectivity index (χ1v) is 32.0. The van der Waals surface area contributed by atoms with Gasteiger partial charge in [0.05, 0.1) is 6.16 Å². The molecule has 0 aliphatic rings. The van der Waals surface area contributed by atoms with Gasteiger partial charge in [-0.1, -0.05) is 82.3 Å². The molecule has 0 aliphatic carbocycles. The fraction of sp³-hybridized carbons (Fsp3) is 0.227. The third kappa shape index (κ3) is 21.9. The summed E-state index contributed by atoms with van der Waals surface area (Å²) in [5.41, 5.74) is 14.5. The minimum Gasteiger partial charge on any atom is -0.406 e. The molecule has 11 aromatic rings. The lowest BCUT2D eigenvalue weighted by Crippen LogP contribution is -2.40. The Balaban J connectivity index is 0.00000274. The Hall–Kier alpha value is -9.25. The van der Waals surface area contributed by atoms with Crippen molar-refractivity contribution < 1.29 is 78.6 Å². The number of ether oxygens (including phenoxy) is 1. The van der Waals surface area contributed by atoms with Gasteiger partial charge in [0.2, 0.25) is 11.4 Å². The maximum absolute atomic E-state index is 12.8. The number of hydrogen-bond donors (Lipinski definition) is 4. The molecule has 0 bridgehead atoms. The number of aromatic nitrogens is 8. The first-order chi connectivity index (χ1) is 42.4. The van der Waals surface area contributed by atoms with Crippen LogP contribution in [0.15, 0.2) is 257 Å². The number of pyridine rings is 8. The molecule has 8 heterocycles. The minimum absolute atomic E-state index is 0. The van der Waals surface area contributed by atoms with E-state index < -0.39 is 21.6 Å². The van der Waals surface area contributed by atoms with Gasteiger partial charge in [-0.15, -0.1) is 13.2 Å². The van der Waals surface area contributed by atoms with E-state index in [2.05, 4.69) is 138 Å². The number of hydrogen-bond acceptors (Lipinski definition) is 4. The van der Waals surface area contributed by atoms with Gasteiger partial charge < -0.3 is 24.3 Å². The highest BCUT2D eigenvalue weighted by Gasteiger charge is 2.31. The Morgan fingerprint density at radius 3 is 1.23 bits per heavy atom. The van der Waals surface area contributed by atoms with Gasteiger partial charge in [-0.25, -0.2) is 27.8 Å². The molecule has 95 heavy (non-hydrogen) atoms. The lowest BCUT2D eigenvalue weighted by atomic mass is 9.96. The van der Waals surface area contributed by atoms with Crippen LogP contribution < -0.4 is 36.7 Å². The highest BCUT2D eigenvalue weighted by atomic mass is 31.2. The number of aryl methyl sites for hydroxylation is 2. The second-order valence-corrected chi connectivity index (χ2v) is 25.1. The Kier molecular flexibility index (Phi) is 28.6. The molecular weight excluding hydrogens is 1240 g/mol. The summed E-state index contributed by atoms with van der Waals surface area (Å²) in [6, 6.07) is 54.8. The van der Waals surface area contributed by atoms with Crippen molar-refractivity contribution in [2.45, 2.75) is 104 Å². The quantitative estimate of drug-likeness (QED) is 0.0385. The maximum Gasteiger partial charge on any atom is 0.573 e. The highest BCUT2D eigenvalue weighted by Crippen LogP contribution is 2.35. The van der Waals surface area contributed by atoms with E-state index in [1.54, 1.807) is 29.0 Å². The zero-order valence-corrected chi connectivity index (χ0v) is 49.5. The SMILES string of the molecule is C.C.C.C.C.C.C.O=P(O)(O)CCc1ccnc(-c2cccc[n+]2Cc2cc(C[n+]3ccc(-c4cc[n+](CCP(=O)(O)O)cc4)cc3)c(C[n+]3ccc(-c4cc[n+](-c5ccc(OC(F)(F)F)cc5)cc4)cc3)cc2C[n+]2ccc(-c3cc[n+](Cc4ccccc4)cc3)cc2)c1. The molecule has 3 aromatic carbocycles. The molecule has 0 spiro atoms. The first kappa shape index (κ1) is 78.2. The molecule has 0 saturated heterocycles. The van der Waals surface area contributed by atoms with E-state index in [4.69, 9.17) is 4.98 Å². The average Bonchev–Trinajstić information content (AvgIpc) is 0.800. The number of alkyl halides is 3. The standard InChI is InChI=1S/C68H60F3N8O7P2.7CH4/c69-68(70,71)86-65-11-9-64(10-12-65)78-39-24-59(25-40-78)58-22-37-75(38-23-58)48-60-45-62(50-77-35-20-57(21-36-77)55-16-31-74(32-17-55)47-53-6-2-1-3-7-53)63(51-79-28-5-4-8-67(79)66-44-52(13-27-72-66)26-42-87(80,81)82)46-61(60)49-76-33-18-56(19-34-76)54-14-29-73(30-15-54)41-43-88(83,84)85;;;;;;;/h1-25,27-40,44-46H,26,41-43,47-51H2;7*1H4/q+3;;;;;;;/p+4. The van der Waals surface area contributed by atoms with Gasteiger partial charge in [-0.05, 0) is 87.8 Å². The normalized spacial score (nSPS) is 11.0. The summed E-state index contributed by atoms with van der Waals surface area (Å²) in [6.07, 6.45) is 22.6. The minimum atomic E-state index is -4.78. The molecule has 0 amide bonds. The zero-order valence-electron chi connectivity index (χ0n) is 47.7. The van der Waals surface area contributed by atoms with Gasteiger partial charge in [0.1, 0.15) is 17.6 Å². The van der Waals surface area contributed by atoms with E-state index in [1.165, 1.54) is 17.7 Å². The van der Waals surface area contributed by atoms with E-state index in [0.717, 1.165) is 73.4 Å². The van der Waals surface area contributed by atoms with Crippen LogP contribution in [0.1, 0.15) is 85.4 Å². The van der Waals surface area contributed by atoms with Crippen molar-refractivity contribution >= 4 is 15.2 Å². The lowest BCUT2D eigenvalue weighted by Gasteiger charge is -2.13. The van der Waals surface area contributed by atoms with Gasteiger partial charge >= 0.3 is 21.6 Å². The molecule has 0 fully saturated rings. The fourth-order valence-corrected chi connectivity index (χ4v) is 11.6. The summed E-state index contributed by atoms with van der Waals surface area (Å²) < 4.78 is 80.3. The third-order valence-corrected chi connectivity index (χ3v) is 16.7. The fourth-order valence-electron chi connectivity index (χ4n) is 10.5. The second kappa shape index (κ2) is 34.8. The van der Waals surface area contributed by atoms with E-state index in [0.29, 0.717) is 37.6 Å². The van der Waals surface area contributed by atoms with Crippen molar-refractivity contribution in [1.29, 1.82) is 0 Å². The maximum atomic E-state index is 12.8. The Morgan fingerprint density at radius 1 is 0.400 bits per heavy atom. The molecule has 0 unspecified atom stereocenters. The van der Waals surface area contributed by atoms with Crippen molar-refractivity contribution in [3.63, 3.8) is 0 Å². The predicted octanol–water partition coefficient (Wildman–Crippen LogP) is 13.2. The van der Waals surface area contributed by atoms with Crippen molar-refractivity contribution in [2.24, 2.45) is 0 Å². The monoisotopic (exact) mass is 1340 g/mol. The number of benzene rings is 3. The smallest absolute Gasteiger partial charge is 0.406 e. The van der Waals surface area contributed by atoms with Gasteiger partial charge in [0.15, 0.2) is 120 Å². The van der Waals surface area contributed by atoms with Crippen molar-refractivity contribution in [3.05, 3.63) is 290 Å². The summed E-state index contributed by atoms with van der Waals surface area (Å²) >= 11 is 0. The summed E-state index contributed by atoms with van der Waals surface area (Å²) in [6.45, 7) is 3.00. The van der Waals surface area contributed by atoms with Crippen LogP contribution in [0.4, 0.5) is 13.2 Å². The Morgan fingerprint density at radius 2 is 0.800 bits per heavy atom. The van der Waals surface area contributed by atoms with Crippen molar-refractivity contribution in [1.82, 2.24) is 4.98 Å². The largest absolute Gasteiger partial charge is 0.573 e. The number of rotatable bonds is 22. The molecule has 20 heteroatoms. The van der Waals surface area contributed by atoms with E-state index >= 15 is 0 Å². The van der Waals surface area contributed by atoms with E-state index in [-0.39, 0.29) is 83.0 Å². The van der Waals surface area contributed by atoms with Gasteiger partial charge in [-0.2, -0.15) is 9.13 Å². The van der Waals surface area contributed by atoms with Crippen LogP contribution in [0.3, 0.4) is 0 Å². The highest BCUT2D eigenvalue weighted by molar-refractivity contribution is 7.52. The van der Waals surface area contributed by atoms with Gasteiger partial charge in [0, 0.05) is 131 Å². The predicted molar refractivity (Wildman–Crippen MR) is 368 cm³/mol. The van der Waals surface area contributed by atoms with Crippen molar-refractivity contribution in [2.75, 3.05) is 12.3 Å². The summed E-state index contributed by atoms with van der Waals surface area (Å²) in [5, 5.41) is 0. The average molecular weight is 1340 g/mol. The zero-order chi connectivity index (χ0) is 61.3. The Bertz CT molecular complexity index is 4280. The van der Waals surface area contributed by atoms with Crippen molar-refractivity contribution in [3.8, 4) is 56.2 Å². The molecule has 0 saturated carbocycles. The van der Waals surface area contributed by atoms with Crippen LogP contribution in [0.25, 0.3) is 50.5 Å². The first-order valence-electron chi connectivity index (χ1n) is 28.4. The molecule has 0 aliphatic heterocycles. The van der Waals surface area contributed by atoms with Crippen LogP contribution in [0.5, 0.6) is 5.75 Å². The third-order valence-electron chi connectivity index (χ3n) is 15.2.